The molecule has 8 nitrogen and oxygen atoms in total. The lowest BCUT2D eigenvalue weighted by Gasteiger charge is -2.36. The summed E-state index contributed by atoms with van der Waals surface area (Å²) in [4.78, 5) is 30.6. The molecule has 0 bridgehead atoms. The molecule has 0 aromatic heterocycles. The van der Waals surface area contributed by atoms with Crippen LogP contribution in [0.4, 0.5) is 5.69 Å². The number of amides is 2. The molecule has 1 aromatic carbocycles. The maximum Gasteiger partial charge on any atom is 0.241 e. The van der Waals surface area contributed by atoms with Crippen molar-refractivity contribution in [1.29, 1.82) is 0 Å². The number of rotatable bonds is 6. The van der Waals surface area contributed by atoms with E-state index in [4.69, 9.17) is 0 Å². The molecule has 0 spiro atoms. The average molecular weight is 437 g/mol. The molecule has 9 heteroatoms. The van der Waals surface area contributed by atoms with Crippen LogP contribution in [0, 0.1) is 6.92 Å². The topological polar surface area (TPSA) is 90.0 Å². The summed E-state index contributed by atoms with van der Waals surface area (Å²) in [5.41, 5.74) is 1.14. The first-order chi connectivity index (χ1) is 14.1. The summed E-state index contributed by atoms with van der Waals surface area (Å²) in [7, 11) is 0.154. The van der Waals surface area contributed by atoms with Gasteiger partial charge in [0.05, 0.1) is 10.9 Å². The zero-order valence-corrected chi connectivity index (χ0v) is 19.0. The molecule has 0 aliphatic carbocycles. The van der Waals surface area contributed by atoms with Gasteiger partial charge in [0.25, 0.3) is 0 Å². The number of hydrogen-bond donors (Lipinski definition) is 1. The van der Waals surface area contributed by atoms with Crippen LogP contribution in [0.1, 0.15) is 38.2 Å². The minimum absolute atomic E-state index is 0.00489. The van der Waals surface area contributed by atoms with Crippen LogP contribution in [-0.2, 0) is 19.6 Å². The Balaban J connectivity index is 1.72. The molecule has 2 heterocycles. The standard InChI is InChI=1S/C21H32N4O4S/c1-15-18(25-12-6-9-20(25)26)7-5-8-19(15)30(28,29)22-16(2)21(27)24-13-10-17(11-14-24)23(3)4/h5,7-8,16-17,22H,6,9-14H2,1-4H3/t16-/m0/s1. The highest BCUT2D eigenvalue weighted by Crippen LogP contribution is 2.29. The third kappa shape index (κ3) is 4.68. The normalized spacial score (nSPS) is 19.6. The highest BCUT2D eigenvalue weighted by atomic mass is 32.2. The molecule has 30 heavy (non-hydrogen) atoms. The van der Waals surface area contributed by atoms with Gasteiger partial charge in [-0.2, -0.15) is 4.72 Å². The number of piperidine rings is 1. The van der Waals surface area contributed by atoms with Crippen molar-refractivity contribution in [2.24, 2.45) is 0 Å². The van der Waals surface area contributed by atoms with Crippen LogP contribution in [0.25, 0.3) is 0 Å². The molecule has 1 aromatic rings. The van der Waals surface area contributed by atoms with Gasteiger partial charge in [-0.3, -0.25) is 9.59 Å². The van der Waals surface area contributed by atoms with E-state index >= 15 is 0 Å². The van der Waals surface area contributed by atoms with Crippen LogP contribution < -0.4 is 9.62 Å². The fourth-order valence-corrected chi connectivity index (χ4v) is 5.77. The van der Waals surface area contributed by atoms with Crippen molar-refractivity contribution in [2.45, 2.75) is 56.5 Å². The Kier molecular flexibility index (Phi) is 6.84. The lowest BCUT2D eigenvalue weighted by molar-refractivity contribution is -0.134. The number of carbonyl (C=O) groups excluding carboxylic acids is 2. The fraction of sp³-hybridized carbons (Fsp3) is 0.619. The lowest BCUT2D eigenvalue weighted by Crippen LogP contribution is -2.51. The van der Waals surface area contributed by atoms with E-state index in [-0.39, 0.29) is 16.7 Å². The highest BCUT2D eigenvalue weighted by molar-refractivity contribution is 7.89. The first-order valence-electron chi connectivity index (χ1n) is 10.5. The van der Waals surface area contributed by atoms with E-state index in [1.54, 1.807) is 35.8 Å². The molecule has 1 N–H and O–H groups in total. The summed E-state index contributed by atoms with van der Waals surface area (Å²) in [5, 5.41) is 0. The number of nitrogens with zero attached hydrogens (tertiary/aromatic N) is 3. The van der Waals surface area contributed by atoms with Crippen molar-refractivity contribution in [2.75, 3.05) is 38.6 Å². The van der Waals surface area contributed by atoms with Crippen molar-refractivity contribution in [1.82, 2.24) is 14.5 Å². The zero-order valence-electron chi connectivity index (χ0n) is 18.2. The number of likely N-dealkylation sites (tertiary alicyclic amines) is 1. The van der Waals surface area contributed by atoms with Crippen LogP contribution in [0.15, 0.2) is 23.1 Å². The predicted octanol–water partition coefficient (Wildman–Crippen LogP) is 1.34. The average Bonchev–Trinajstić information content (AvgIpc) is 3.12. The zero-order chi connectivity index (χ0) is 22.1. The van der Waals surface area contributed by atoms with Gasteiger partial charge in [0.15, 0.2) is 0 Å². The second-order valence-corrected chi connectivity index (χ2v) is 10.1. The van der Waals surface area contributed by atoms with E-state index in [2.05, 4.69) is 9.62 Å². The van der Waals surface area contributed by atoms with E-state index in [1.807, 2.05) is 14.1 Å². The Morgan fingerprint density at radius 1 is 1.20 bits per heavy atom. The molecule has 2 aliphatic heterocycles. The van der Waals surface area contributed by atoms with Gasteiger partial charge in [0.2, 0.25) is 21.8 Å². The molecule has 2 aliphatic rings. The number of hydrogen-bond acceptors (Lipinski definition) is 5. The molecule has 1 atom stereocenters. The second kappa shape index (κ2) is 9.03. The van der Waals surface area contributed by atoms with Crippen molar-refractivity contribution >= 4 is 27.5 Å². The summed E-state index contributed by atoms with van der Waals surface area (Å²) in [5.74, 6) is -0.204. The number of anilines is 1. The third-order valence-electron chi connectivity index (χ3n) is 6.12. The minimum Gasteiger partial charge on any atom is -0.341 e. The Morgan fingerprint density at radius 2 is 1.87 bits per heavy atom. The van der Waals surface area contributed by atoms with Crippen LogP contribution in [-0.4, -0.2) is 75.8 Å². The Labute approximate surface area is 179 Å². The number of sulfonamides is 1. The smallest absolute Gasteiger partial charge is 0.241 e. The van der Waals surface area contributed by atoms with Crippen molar-refractivity contribution < 1.29 is 18.0 Å². The molecular formula is C21H32N4O4S. The van der Waals surface area contributed by atoms with Gasteiger partial charge in [-0.15, -0.1) is 0 Å². The summed E-state index contributed by atoms with van der Waals surface area (Å²) in [6.07, 6.45) is 3.00. The van der Waals surface area contributed by atoms with E-state index in [0.717, 1.165) is 19.3 Å². The molecule has 0 saturated carbocycles. The van der Waals surface area contributed by atoms with Crippen LogP contribution in [0.5, 0.6) is 0 Å². The van der Waals surface area contributed by atoms with Gasteiger partial charge < -0.3 is 14.7 Å². The maximum absolute atomic E-state index is 13.0. The Bertz CT molecular complexity index is 908. The van der Waals surface area contributed by atoms with Crippen LogP contribution in [0.3, 0.4) is 0 Å². The highest BCUT2D eigenvalue weighted by Gasteiger charge is 2.31. The third-order valence-corrected chi connectivity index (χ3v) is 7.80. The fourth-order valence-electron chi connectivity index (χ4n) is 4.31. The summed E-state index contributed by atoms with van der Waals surface area (Å²) in [6.45, 7) is 5.13. The monoisotopic (exact) mass is 436 g/mol. The minimum atomic E-state index is -3.91. The molecule has 2 fully saturated rings. The van der Waals surface area contributed by atoms with Crippen molar-refractivity contribution in [3.63, 3.8) is 0 Å². The van der Waals surface area contributed by atoms with E-state index in [0.29, 0.717) is 43.3 Å². The first-order valence-corrected chi connectivity index (χ1v) is 12.0. The molecule has 166 valence electrons. The summed E-state index contributed by atoms with van der Waals surface area (Å²) >= 11 is 0. The van der Waals surface area contributed by atoms with Gasteiger partial charge >= 0.3 is 0 Å². The van der Waals surface area contributed by atoms with Crippen LogP contribution >= 0.6 is 0 Å². The van der Waals surface area contributed by atoms with Gasteiger partial charge in [-0.1, -0.05) is 6.07 Å². The van der Waals surface area contributed by atoms with E-state index < -0.39 is 16.1 Å². The number of benzene rings is 1. The molecule has 0 radical (unpaired) electrons. The van der Waals surface area contributed by atoms with E-state index in [1.165, 1.54) is 6.07 Å². The van der Waals surface area contributed by atoms with Crippen molar-refractivity contribution in [3.8, 4) is 0 Å². The first kappa shape index (κ1) is 22.7. The van der Waals surface area contributed by atoms with Crippen molar-refractivity contribution in [3.05, 3.63) is 23.8 Å². The van der Waals surface area contributed by atoms with Gasteiger partial charge in [-0.05, 0) is 64.9 Å². The Hall–Kier alpha value is -1.97. The van der Waals surface area contributed by atoms with Gasteiger partial charge in [0.1, 0.15) is 0 Å². The number of nitrogens with one attached hydrogen (secondary N) is 1. The van der Waals surface area contributed by atoms with E-state index in [9.17, 15) is 18.0 Å². The summed E-state index contributed by atoms with van der Waals surface area (Å²) in [6, 6.07) is 4.51. The Morgan fingerprint density at radius 3 is 2.43 bits per heavy atom. The molecular weight excluding hydrogens is 404 g/mol. The van der Waals surface area contributed by atoms with Gasteiger partial charge in [0, 0.05) is 37.8 Å². The molecule has 2 saturated heterocycles. The SMILES string of the molecule is Cc1c(N2CCCC2=O)cccc1S(=O)(=O)N[C@@H](C)C(=O)N1CCC(N(C)C)CC1. The van der Waals surface area contributed by atoms with Gasteiger partial charge in [-0.25, -0.2) is 8.42 Å². The lowest BCUT2D eigenvalue weighted by atomic mass is 10.0. The molecule has 2 amide bonds. The quantitative estimate of drug-likeness (QED) is 0.727. The molecule has 0 unspecified atom stereocenters. The largest absolute Gasteiger partial charge is 0.341 e. The predicted molar refractivity (Wildman–Crippen MR) is 116 cm³/mol. The number of carbonyl (C=O) groups is 2. The van der Waals surface area contributed by atoms with Crippen LogP contribution in [0.2, 0.25) is 0 Å². The second-order valence-electron chi connectivity index (χ2n) is 8.41. The summed E-state index contributed by atoms with van der Waals surface area (Å²) < 4.78 is 28.6. The maximum atomic E-state index is 13.0. The molecule has 3 rings (SSSR count).